The van der Waals surface area contributed by atoms with Crippen LogP contribution in [-0.2, 0) is 0 Å². The Bertz CT molecular complexity index is 293. The molecule has 0 aromatic heterocycles. The Balaban J connectivity index is 2.82. The van der Waals surface area contributed by atoms with Crippen LogP contribution in [0.15, 0.2) is 24.3 Å². The van der Waals surface area contributed by atoms with E-state index < -0.39 is 0 Å². The summed E-state index contributed by atoms with van der Waals surface area (Å²) in [5.41, 5.74) is 2.88. The zero-order valence-corrected chi connectivity index (χ0v) is 10.4. The SMILES string of the molecule is CCNC(CC)C(C)c1ccccc1C. The normalized spacial score (nSPS) is 14.9. The molecule has 1 aromatic rings. The van der Waals surface area contributed by atoms with Gasteiger partial charge in [-0.05, 0) is 36.9 Å². The predicted octanol–water partition coefficient (Wildman–Crippen LogP) is 3.49. The minimum absolute atomic E-state index is 0.594. The van der Waals surface area contributed by atoms with Crippen LogP contribution in [0.1, 0.15) is 44.2 Å². The van der Waals surface area contributed by atoms with Gasteiger partial charge < -0.3 is 5.32 Å². The third-order valence-corrected chi connectivity index (χ3v) is 3.19. The van der Waals surface area contributed by atoms with Gasteiger partial charge in [0.05, 0.1) is 0 Å². The minimum atomic E-state index is 0.594. The van der Waals surface area contributed by atoms with Crippen molar-refractivity contribution in [2.75, 3.05) is 6.54 Å². The lowest BCUT2D eigenvalue weighted by atomic mass is 9.89. The van der Waals surface area contributed by atoms with Gasteiger partial charge in [-0.2, -0.15) is 0 Å². The molecule has 0 radical (unpaired) electrons. The van der Waals surface area contributed by atoms with Crippen LogP contribution < -0.4 is 5.32 Å². The second kappa shape index (κ2) is 5.92. The molecule has 0 spiro atoms. The summed E-state index contributed by atoms with van der Waals surface area (Å²) in [6, 6.07) is 9.29. The molecule has 1 heteroatoms. The Morgan fingerprint density at radius 1 is 1.20 bits per heavy atom. The maximum absolute atomic E-state index is 3.56. The molecule has 2 unspecified atom stereocenters. The van der Waals surface area contributed by atoms with Gasteiger partial charge in [-0.3, -0.25) is 0 Å². The standard InChI is InChI=1S/C14H23N/c1-5-14(15-6-2)12(4)13-10-8-7-9-11(13)3/h7-10,12,14-15H,5-6H2,1-4H3. The molecule has 0 aliphatic carbocycles. The second-order valence-corrected chi connectivity index (χ2v) is 4.22. The van der Waals surface area contributed by atoms with E-state index in [0.29, 0.717) is 12.0 Å². The molecule has 84 valence electrons. The molecule has 0 fully saturated rings. The smallest absolute Gasteiger partial charge is 0.0130 e. The van der Waals surface area contributed by atoms with Crippen LogP contribution in [0.4, 0.5) is 0 Å². The minimum Gasteiger partial charge on any atom is -0.314 e. The van der Waals surface area contributed by atoms with Crippen molar-refractivity contribution in [1.82, 2.24) is 5.32 Å². The van der Waals surface area contributed by atoms with Crippen LogP contribution in [0.25, 0.3) is 0 Å². The average Bonchev–Trinajstić information content (AvgIpc) is 2.25. The molecule has 0 aliphatic rings. The fraction of sp³-hybridized carbons (Fsp3) is 0.571. The Kier molecular flexibility index (Phi) is 4.83. The summed E-state index contributed by atoms with van der Waals surface area (Å²) < 4.78 is 0. The van der Waals surface area contributed by atoms with E-state index in [2.05, 4.69) is 57.3 Å². The summed E-state index contributed by atoms with van der Waals surface area (Å²) in [5.74, 6) is 0.594. The number of nitrogens with one attached hydrogen (secondary N) is 1. The van der Waals surface area contributed by atoms with Crippen molar-refractivity contribution in [2.24, 2.45) is 0 Å². The lowest BCUT2D eigenvalue weighted by Gasteiger charge is -2.25. The summed E-state index contributed by atoms with van der Waals surface area (Å²) >= 11 is 0. The molecule has 15 heavy (non-hydrogen) atoms. The second-order valence-electron chi connectivity index (χ2n) is 4.22. The molecule has 0 amide bonds. The molecule has 2 atom stereocenters. The van der Waals surface area contributed by atoms with Crippen molar-refractivity contribution in [3.8, 4) is 0 Å². The highest BCUT2D eigenvalue weighted by atomic mass is 14.9. The number of rotatable bonds is 5. The van der Waals surface area contributed by atoms with E-state index in [9.17, 15) is 0 Å². The van der Waals surface area contributed by atoms with E-state index in [1.54, 1.807) is 0 Å². The van der Waals surface area contributed by atoms with E-state index >= 15 is 0 Å². The molecule has 0 heterocycles. The van der Waals surface area contributed by atoms with Gasteiger partial charge in [-0.1, -0.05) is 45.0 Å². The summed E-state index contributed by atoms with van der Waals surface area (Å²) in [6.07, 6.45) is 1.18. The molecular formula is C14H23N. The Morgan fingerprint density at radius 2 is 1.87 bits per heavy atom. The Hall–Kier alpha value is -0.820. The summed E-state index contributed by atoms with van der Waals surface area (Å²) in [6.45, 7) is 9.99. The third kappa shape index (κ3) is 3.07. The van der Waals surface area contributed by atoms with Gasteiger partial charge in [0.25, 0.3) is 0 Å². The van der Waals surface area contributed by atoms with Crippen molar-refractivity contribution in [2.45, 2.75) is 46.1 Å². The van der Waals surface area contributed by atoms with Crippen molar-refractivity contribution >= 4 is 0 Å². The van der Waals surface area contributed by atoms with Crippen LogP contribution in [0.2, 0.25) is 0 Å². The first-order chi connectivity index (χ1) is 7.20. The van der Waals surface area contributed by atoms with Crippen LogP contribution in [0.3, 0.4) is 0 Å². The molecule has 1 N–H and O–H groups in total. The third-order valence-electron chi connectivity index (χ3n) is 3.19. The maximum Gasteiger partial charge on any atom is 0.0130 e. The molecule has 0 saturated carbocycles. The first-order valence-corrected chi connectivity index (χ1v) is 5.99. The Morgan fingerprint density at radius 3 is 2.40 bits per heavy atom. The van der Waals surface area contributed by atoms with Gasteiger partial charge in [0.15, 0.2) is 0 Å². The van der Waals surface area contributed by atoms with E-state index in [4.69, 9.17) is 0 Å². The number of hydrogen-bond acceptors (Lipinski definition) is 1. The first kappa shape index (κ1) is 12.3. The van der Waals surface area contributed by atoms with Gasteiger partial charge in [0.2, 0.25) is 0 Å². The van der Waals surface area contributed by atoms with E-state index in [0.717, 1.165) is 6.54 Å². The lowest BCUT2D eigenvalue weighted by molar-refractivity contribution is 0.447. The van der Waals surface area contributed by atoms with Crippen molar-refractivity contribution in [3.63, 3.8) is 0 Å². The van der Waals surface area contributed by atoms with Crippen LogP contribution in [-0.4, -0.2) is 12.6 Å². The number of hydrogen-bond donors (Lipinski definition) is 1. The number of aryl methyl sites for hydroxylation is 1. The largest absolute Gasteiger partial charge is 0.314 e. The number of benzene rings is 1. The van der Waals surface area contributed by atoms with E-state index in [-0.39, 0.29) is 0 Å². The molecule has 0 aliphatic heterocycles. The molecule has 0 saturated heterocycles. The number of likely N-dealkylation sites (N-methyl/N-ethyl adjacent to an activating group) is 1. The summed E-state index contributed by atoms with van der Waals surface area (Å²) in [7, 11) is 0. The highest BCUT2D eigenvalue weighted by Crippen LogP contribution is 2.23. The van der Waals surface area contributed by atoms with Gasteiger partial charge in [0.1, 0.15) is 0 Å². The fourth-order valence-corrected chi connectivity index (χ4v) is 2.25. The molecule has 1 aromatic carbocycles. The maximum atomic E-state index is 3.56. The van der Waals surface area contributed by atoms with Crippen LogP contribution in [0, 0.1) is 6.92 Å². The summed E-state index contributed by atoms with van der Waals surface area (Å²) in [4.78, 5) is 0. The highest BCUT2D eigenvalue weighted by molar-refractivity contribution is 5.29. The zero-order valence-electron chi connectivity index (χ0n) is 10.4. The molecule has 0 bridgehead atoms. The molecule has 1 nitrogen and oxygen atoms in total. The Labute approximate surface area is 93.9 Å². The van der Waals surface area contributed by atoms with Gasteiger partial charge in [-0.25, -0.2) is 0 Å². The quantitative estimate of drug-likeness (QED) is 0.776. The molecular weight excluding hydrogens is 182 g/mol. The van der Waals surface area contributed by atoms with Crippen LogP contribution in [0.5, 0.6) is 0 Å². The topological polar surface area (TPSA) is 12.0 Å². The van der Waals surface area contributed by atoms with Gasteiger partial charge in [-0.15, -0.1) is 0 Å². The van der Waals surface area contributed by atoms with E-state index in [1.165, 1.54) is 17.5 Å². The van der Waals surface area contributed by atoms with Gasteiger partial charge in [0, 0.05) is 6.04 Å². The van der Waals surface area contributed by atoms with Crippen molar-refractivity contribution < 1.29 is 0 Å². The average molecular weight is 205 g/mol. The van der Waals surface area contributed by atoms with E-state index in [1.807, 2.05) is 0 Å². The van der Waals surface area contributed by atoms with Gasteiger partial charge >= 0.3 is 0 Å². The monoisotopic (exact) mass is 205 g/mol. The fourth-order valence-electron chi connectivity index (χ4n) is 2.25. The zero-order chi connectivity index (χ0) is 11.3. The first-order valence-electron chi connectivity index (χ1n) is 5.99. The predicted molar refractivity (Wildman–Crippen MR) is 67.3 cm³/mol. The molecule has 1 rings (SSSR count). The van der Waals surface area contributed by atoms with Crippen molar-refractivity contribution in [3.05, 3.63) is 35.4 Å². The van der Waals surface area contributed by atoms with Crippen LogP contribution >= 0.6 is 0 Å². The lowest BCUT2D eigenvalue weighted by Crippen LogP contribution is -2.33. The highest BCUT2D eigenvalue weighted by Gasteiger charge is 2.17. The summed E-state index contributed by atoms with van der Waals surface area (Å²) in [5, 5.41) is 3.56. The van der Waals surface area contributed by atoms with Crippen molar-refractivity contribution in [1.29, 1.82) is 0 Å².